The summed E-state index contributed by atoms with van der Waals surface area (Å²) >= 11 is 0.838. The number of nitriles is 1. The highest BCUT2D eigenvalue weighted by Crippen LogP contribution is 2.31. The summed E-state index contributed by atoms with van der Waals surface area (Å²) in [5.41, 5.74) is 1.14. The Kier molecular flexibility index (Phi) is 3.28. The molecule has 0 amide bonds. The Morgan fingerprint density at radius 3 is 2.45 bits per heavy atom. The van der Waals surface area contributed by atoms with E-state index < -0.39 is 0 Å². The first-order valence-electron chi connectivity index (χ1n) is 5.98. The third-order valence-electron chi connectivity index (χ3n) is 2.94. The second kappa shape index (κ2) is 5.24. The molecule has 0 aliphatic rings. The lowest BCUT2D eigenvalue weighted by atomic mass is 10.1. The van der Waals surface area contributed by atoms with Gasteiger partial charge in [0.05, 0.1) is 5.39 Å². The van der Waals surface area contributed by atoms with Crippen LogP contribution >= 0.6 is 11.8 Å². The fourth-order valence-corrected chi connectivity index (χ4v) is 2.59. The number of para-hydroxylation sites is 1. The summed E-state index contributed by atoms with van der Waals surface area (Å²) in [7, 11) is 0. The molecule has 20 heavy (non-hydrogen) atoms. The summed E-state index contributed by atoms with van der Waals surface area (Å²) in [6.07, 6.45) is 0. The van der Waals surface area contributed by atoms with E-state index in [9.17, 15) is 4.79 Å². The Bertz CT molecular complexity index is 863. The van der Waals surface area contributed by atoms with Crippen LogP contribution in [0, 0.1) is 10.7 Å². The van der Waals surface area contributed by atoms with Crippen molar-refractivity contribution in [3.8, 4) is 16.7 Å². The number of hydrogen-bond acceptors (Lipinski definition) is 4. The van der Waals surface area contributed by atoms with Gasteiger partial charge >= 0.3 is 0 Å². The lowest BCUT2D eigenvalue weighted by Crippen LogP contribution is -2.05. The van der Waals surface area contributed by atoms with Crippen molar-refractivity contribution in [2.75, 3.05) is 0 Å². The minimum atomic E-state index is -0.169. The molecule has 0 bridgehead atoms. The zero-order chi connectivity index (χ0) is 13.9. The molecule has 2 aromatic carbocycles. The average Bonchev–Trinajstić information content (AvgIpc) is 2.51. The minimum Gasteiger partial charge on any atom is -0.455 e. The molecule has 96 valence electrons. The minimum absolute atomic E-state index is 0.169. The molecular formula is C16H9NO2S. The fourth-order valence-electron chi connectivity index (χ4n) is 2.04. The van der Waals surface area contributed by atoms with Gasteiger partial charge in [-0.15, -0.1) is 0 Å². The molecule has 3 rings (SSSR count). The molecule has 0 radical (unpaired) electrons. The number of benzene rings is 2. The molecule has 0 atom stereocenters. The molecule has 0 aliphatic heterocycles. The van der Waals surface area contributed by atoms with Crippen molar-refractivity contribution in [2.45, 2.75) is 4.90 Å². The van der Waals surface area contributed by atoms with Crippen molar-refractivity contribution >= 4 is 22.7 Å². The van der Waals surface area contributed by atoms with E-state index in [4.69, 9.17) is 9.68 Å². The van der Waals surface area contributed by atoms with Crippen molar-refractivity contribution in [1.82, 2.24) is 0 Å². The standard InChI is InChI=1S/C16H9NO2S/c17-10-20-16-14(18)12-8-4-5-9-13(12)19-15(16)11-6-2-1-3-7-11/h1-9H. The van der Waals surface area contributed by atoms with Crippen LogP contribution in [-0.4, -0.2) is 0 Å². The van der Waals surface area contributed by atoms with E-state index in [1.807, 2.05) is 41.8 Å². The number of thioether (sulfide) groups is 1. The van der Waals surface area contributed by atoms with E-state index in [0.717, 1.165) is 17.3 Å². The van der Waals surface area contributed by atoms with Crippen LogP contribution in [0.3, 0.4) is 0 Å². The zero-order valence-electron chi connectivity index (χ0n) is 10.4. The van der Waals surface area contributed by atoms with Gasteiger partial charge < -0.3 is 4.42 Å². The molecule has 1 heterocycles. The summed E-state index contributed by atoms with van der Waals surface area (Å²) in [5, 5.41) is 11.4. The van der Waals surface area contributed by atoms with Gasteiger partial charge in [-0.05, 0) is 23.9 Å². The molecule has 1 aromatic heterocycles. The molecule has 0 N–H and O–H groups in total. The van der Waals surface area contributed by atoms with E-state index in [0.29, 0.717) is 21.6 Å². The molecule has 0 saturated carbocycles. The highest BCUT2D eigenvalue weighted by Gasteiger charge is 2.16. The summed E-state index contributed by atoms with van der Waals surface area (Å²) in [4.78, 5) is 12.8. The Morgan fingerprint density at radius 1 is 1.00 bits per heavy atom. The monoisotopic (exact) mass is 279 g/mol. The van der Waals surface area contributed by atoms with Crippen LogP contribution in [0.15, 0.2) is 68.7 Å². The lowest BCUT2D eigenvalue weighted by molar-refractivity contribution is 0.605. The van der Waals surface area contributed by atoms with Gasteiger partial charge in [-0.2, -0.15) is 5.26 Å². The van der Waals surface area contributed by atoms with Gasteiger partial charge in [0.15, 0.2) is 5.76 Å². The molecular weight excluding hydrogens is 270 g/mol. The van der Waals surface area contributed by atoms with Crippen molar-refractivity contribution in [3.63, 3.8) is 0 Å². The third kappa shape index (κ3) is 2.09. The molecule has 0 aliphatic carbocycles. The summed E-state index contributed by atoms with van der Waals surface area (Å²) in [6, 6.07) is 16.4. The quantitative estimate of drug-likeness (QED) is 0.525. The topological polar surface area (TPSA) is 54.0 Å². The SMILES string of the molecule is N#CSc1c(-c2ccccc2)oc2ccccc2c1=O. The first-order chi connectivity index (χ1) is 9.81. The van der Waals surface area contributed by atoms with Gasteiger partial charge in [0, 0.05) is 5.56 Å². The maximum absolute atomic E-state index is 12.5. The number of fused-ring (bicyclic) bond motifs is 1. The lowest BCUT2D eigenvalue weighted by Gasteiger charge is -2.07. The molecule has 3 nitrogen and oxygen atoms in total. The van der Waals surface area contributed by atoms with Crippen molar-refractivity contribution in [2.24, 2.45) is 0 Å². The van der Waals surface area contributed by atoms with Crippen LogP contribution in [0.4, 0.5) is 0 Å². The van der Waals surface area contributed by atoms with Crippen molar-refractivity contribution in [3.05, 3.63) is 64.8 Å². The second-order valence-corrected chi connectivity index (χ2v) is 4.94. The Hall–Kier alpha value is -2.51. The summed E-state index contributed by atoms with van der Waals surface area (Å²) in [5.74, 6) is 0.445. The predicted octanol–water partition coefficient (Wildman–Crippen LogP) is 4.03. The number of thiocyanates is 1. The largest absolute Gasteiger partial charge is 0.455 e. The molecule has 0 unspecified atom stereocenters. The van der Waals surface area contributed by atoms with Gasteiger partial charge in [-0.25, -0.2) is 0 Å². The van der Waals surface area contributed by atoms with Gasteiger partial charge in [-0.3, -0.25) is 4.79 Å². The first-order valence-corrected chi connectivity index (χ1v) is 6.80. The average molecular weight is 279 g/mol. The van der Waals surface area contributed by atoms with Crippen molar-refractivity contribution in [1.29, 1.82) is 5.26 Å². The number of hydrogen-bond donors (Lipinski definition) is 0. The van der Waals surface area contributed by atoms with E-state index in [2.05, 4.69) is 0 Å². The van der Waals surface area contributed by atoms with Gasteiger partial charge in [0.25, 0.3) is 0 Å². The van der Waals surface area contributed by atoms with E-state index in [1.54, 1.807) is 18.2 Å². The van der Waals surface area contributed by atoms with Gasteiger partial charge in [-0.1, -0.05) is 42.5 Å². The van der Waals surface area contributed by atoms with Crippen LogP contribution in [0.5, 0.6) is 0 Å². The van der Waals surface area contributed by atoms with E-state index in [-0.39, 0.29) is 5.43 Å². The molecule has 3 aromatic rings. The van der Waals surface area contributed by atoms with Crippen LogP contribution in [0.2, 0.25) is 0 Å². The molecule has 0 spiro atoms. The summed E-state index contributed by atoms with van der Waals surface area (Å²) in [6.45, 7) is 0. The van der Waals surface area contributed by atoms with Crippen LogP contribution in [0.25, 0.3) is 22.3 Å². The van der Waals surface area contributed by atoms with Crippen molar-refractivity contribution < 1.29 is 4.42 Å². The van der Waals surface area contributed by atoms with Gasteiger partial charge in [0.1, 0.15) is 15.9 Å². The van der Waals surface area contributed by atoms with Crippen LogP contribution in [-0.2, 0) is 0 Å². The third-order valence-corrected chi connectivity index (χ3v) is 3.61. The van der Waals surface area contributed by atoms with E-state index in [1.165, 1.54) is 0 Å². The van der Waals surface area contributed by atoms with Crippen LogP contribution in [0.1, 0.15) is 0 Å². The maximum atomic E-state index is 12.5. The zero-order valence-corrected chi connectivity index (χ0v) is 11.2. The predicted molar refractivity (Wildman–Crippen MR) is 79.4 cm³/mol. The number of rotatable bonds is 2. The highest BCUT2D eigenvalue weighted by molar-refractivity contribution is 8.03. The Labute approximate surface area is 119 Å². The molecule has 0 fully saturated rings. The Balaban J connectivity index is 2.39. The normalized spacial score (nSPS) is 10.3. The van der Waals surface area contributed by atoms with Crippen LogP contribution < -0.4 is 5.43 Å². The number of nitrogens with zero attached hydrogens (tertiary/aromatic N) is 1. The van der Waals surface area contributed by atoms with E-state index >= 15 is 0 Å². The molecule has 0 saturated heterocycles. The second-order valence-electron chi connectivity index (χ2n) is 4.14. The smallest absolute Gasteiger partial charge is 0.207 e. The Morgan fingerprint density at radius 2 is 1.70 bits per heavy atom. The highest BCUT2D eigenvalue weighted by atomic mass is 32.2. The van der Waals surface area contributed by atoms with Gasteiger partial charge in [0.2, 0.25) is 5.43 Å². The fraction of sp³-hybridized carbons (Fsp3) is 0. The summed E-state index contributed by atoms with van der Waals surface area (Å²) < 4.78 is 5.84. The maximum Gasteiger partial charge on any atom is 0.207 e. The first kappa shape index (κ1) is 12.5. The molecule has 4 heteroatoms.